The number of hydrogen-bond acceptors (Lipinski definition) is 5. The van der Waals surface area contributed by atoms with E-state index in [-0.39, 0.29) is 19.6 Å². The molecule has 0 saturated carbocycles. The van der Waals surface area contributed by atoms with Crippen molar-refractivity contribution in [1.82, 2.24) is 0 Å². The highest BCUT2D eigenvalue weighted by molar-refractivity contribution is 5.66. The van der Waals surface area contributed by atoms with Gasteiger partial charge in [0.1, 0.15) is 5.60 Å². The molecule has 0 spiro atoms. The molecule has 0 rings (SSSR count). The van der Waals surface area contributed by atoms with Gasteiger partial charge in [-0.1, -0.05) is 15.3 Å². The summed E-state index contributed by atoms with van der Waals surface area (Å²) in [5.41, 5.74) is 23.2. The molecule has 0 heterocycles. The molecule has 0 aliphatic heterocycles. The molecule has 0 unspecified atom stereocenters. The lowest BCUT2D eigenvalue weighted by Gasteiger charge is -2.28. The van der Waals surface area contributed by atoms with E-state index in [0.717, 1.165) is 6.92 Å². The maximum atomic E-state index is 10.9. The number of carbonyl (C=O) groups is 1. The van der Waals surface area contributed by atoms with Crippen molar-refractivity contribution >= 4 is 5.97 Å². The zero-order chi connectivity index (χ0) is 13.1. The number of nitrogens with zero attached hydrogens (tertiary/aromatic N) is 9. The molecule has 90 valence electrons. The predicted molar refractivity (Wildman–Crippen MR) is 56.5 cm³/mol. The number of ether oxygens (including phenoxy) is 1. The highest BCUT2D eigenvalue weighted by Crippen LogP contribution is 2.15. The molecule has 0 fully saturated rings. The monoisotopic (exact) mass is 239 g/mol. The second-order valence-electron chi connectivity index (χ2n) is 2.94. The van der Waals surface area contributed by atoms with Crippen molar-refractivity contribution in [1.29, 1.82) is 0 Å². The van der Waals surface area contributed by atoms with Gasteiger partial charge in [-0.2, -0.15) is 0 Å². The average molecular weight is 239 g/mol. The van der Waals surface area contributed by atoms with Crippen LogP contribution in [0.15, 0.2) is 15.3 Å². The van der Waals surface area contributed by atoms with Crippen molar-refractivity contribution in [3.05, 3.63) is 31.3 Å². The molecule has 0 aliphatic carbocycles. The van der Waals surface area contributed by atoms with Crippen LogP contribution in [0.25, 0.3) is 31.3 Å². The van der Waals surface area contributed by atoms with Crippen LogP contribution in [-0.2, 0) is 9.53 Å². The van der Waals surface area contributed by atoms with E-state index < -0.39 is 11.6 Å². The van der Waals surface area contributed by atoms with Gasteiger partial charge in [0.15, 0.2) is 0 Å². The Morgan fingerprint density at radius 1 is 1.06 bits per heavy atom. The van der Waals surface area contributed by atoms with Gasteiger partial charge in [-0.3, -0.25) is 4.79 Å². The molecule has 0 bridgehead atoms. The third kappa shape index (κ3) is 5.75. The Kier molecular flexibility index (Phi) is 6.49. The van der Waals surface area contributed by atoms with Crippen molar-refractivity contribution in [2.75, 3.05) is 19.6 Å². The topological polar surface area (TPSA) is 173 Å². The number of azide groups is 3. The third-order valence-electron chi connectivity index (χ3n) is 1.63. The van der Waals surface area contributed by atoms with Crippen LogP contribution < -0.4 is 0 Å². The second kappa shape index (κ2) is 7.66. The maximum absolute atomic E-state index is 10.9. The number of esters is 1. The zero-order valence-corrected chi connectivity index (χ0v) is 8.96. The Morgan fingerprint density at radius 3 is 1.65 bits per heavy atom. The fraction of sp³-hybridized carbons (Fsp3) is 0.833. The minimum atomic E-state index is -1.43. The van der Waals surface area contributed by atoms with Crippen molar-refractivity contribution < 1.29 is 9.53 Å². The van der Waals surface area contributed by atoms with Gasteiger partial charge in [-0.05, 0) is 16.6 Å². The van der Waals surface area contributed by atoms with Gasteiger partial charge in [0, 0.05) is 21.7 Å². The Labute approximate surface area is 95.2 Å². The van der Waals surface area contributed by atoms with Crippen LogP contribution in [0, 0.1) is 0 Å². The number of rotatable bonds is 7. The van der Waals surface area contributed by atoms with Crippen LogP contribution in [0.4, 0.5) is 0 Å². The minimum Gasteiger partial charge on any atom is -0.459 e. The molecule has 0 amide bonds. The van der Waals surface area contributed by atoms with Crippen LogP contribution in [-0.4, -0.2) is 31.2 Å². The highest BCUT2D eigenvalue weighted by atomic mass is 16.6. The lowest BCUT2D eigenvalue weighted by atomic mass is 10.1. The van der Waals surface area contributed by atoms with E-state index in [1.807, 2.05) is 0 Å². The number of carbonyl (C=O) groups excluding carboxylic acids is 1. The van der Waals surface area contributed by atoms with Crippen molar-refractivity contribution in [3.8, 4) is 0 Å². The Balaban J connectivity index is 5.13. The van der Waals surface area contributed by atoms with Gasteiger partial charge in [0.2, 0.25) is 0 Å². The lowest BCUT2D eigenvalue weighted by Crippen LogP contribution is -2.43. The quantitative estimate of drug-likeness (QED) is 0.287. The summed E-state index contributed by atoms with van der Waals surface area (Å²) in [7, 11) is 0. The van der Waals surface area contributed by atoms with Crippen LogP contribution in [0.5, 0.6) is 0 Å². The molecule has 0 N–H and O–H groups in total. The standard InChI is InChI=1S/C6H9N9O2/c1-5(16)17-6(2-10-13-7,3-11-14-8)4-12-15-9/h2-4H2,1H3. The SMILES string of the molecule is CC(=O)OC(CN=[N+]=[N-])(CN=[N+]=[N-])CN=[N+]=[N-]. The van der Waals surface area contributed by atoms with Crippen molar-refractivity contribution in [2.24, 2.45) is 15.3 Å². The summed E-state index contributed by atoms with van der Waals surface area (Å²) in [5, 5.41) is 9.72. The maximum Gasteiger partial charge on any atom is 0.303 e. The average Bonchev–Trinajstić information content (AvgIpc) is 2.30. The summed E-state index contributed by atoms with van der Waals surface area (Å²) in [5.74, 6) is -0.667. The van der Waals surface area contributed by atoms with Crippen molar-refractivity contribution in [3.63, 3.8) is 0 Å². The highest BCUT2D eigenvalue weighted by Gasteiger charge is 2.31. The molecule has 0 aromatic rings. The van der Waals surface area contributed by atoms with E-state index in [1.165, 1.54) is 0 Å². The molecule has 11 nitrogen and oxygen atoms in total. The normalized spacial score (nSPS) is 12.1. The summed E-state index contributed by atoms with van der Waals surface area (Å²) in [6, 6.07) is 0. The molecule has 0 atom stereocenters. The minimum absolute atomic E-state index is 0.291. The largest absolute Gasteiger partial charge is 0.459 e. The lowest BCUT2D eigenvalue weighted by molar-refractivity contribution is -0.154. The molecule has 0 aliphatic rings. The van der Waals surface area contributed by atoms with E-state index in [1.54, 1.807) is 0 Å². The van der Waals surface area contributed by atoms with Crippen molar-refractivity contribution in [2.45, 2.75) is 12.5 Å². The first-order chi connectivity index (χ1) is 8.10. The molecule has 17 heavy (non-hydrogen) atoms. The predicted octanol–water partition coefficient (Wildman–Crippen LogP) is 2.22. The van der Waals surface area contributed by atoms with E-state index in [0.29, 0.717) is 0 Å². The van der Waals surface area contributed by atoms with Gasteiger partial charge in [0.05, 0.1) is 19.6 Å². The van der Waals surface area contributed by atoms with Gasteiger partial charge < -0.3 is 4.74 Å². The Hall–Kier alpha value is -2.60. The fourth-order valence-electron chi connectivity index (χ4n) is 1.03. The first-order valence-electron chi connectivity index (χ1n) is 4.32. The molecule has 0 radical (unpaired) electrons. The molecule has 0 aromatic carbocycles. The summed E-state index contributed by atoms with van der Waals surface area (Å²) in [6.07, 6.45) is 0. The molecule has 0 aromatic heterocycles. The van der Waals surface area contributed by atoms with Gasteiger partial charge in [-0.15, -0.1) is 0 Å². The molecular formula is C6H9N9O2. The first kappa shape index (κ1) is 14.4. The fourth-order valence-corrected chi connectivity index (χ4v) is 1.03. The summed E-state index contributed by atoms with van der Waals surface area (Å²) in [4.78, 5) is 18.4. The molecule has 0 saturated heterocycles. The van der Waals surface area contributed by atoms with E-state index in [2.05, 4.69) is 30.1 Å². The van der Waals surface area contributed by atoms with E-state index in [9.17, 15) is 4.79 Å². The van der Waals surface area contributed by atoms with Gasteiger partial charge >= 0.3 is 5.97 Å². The Morgan fingerprint density at radius 2 is 1.41 bits per heavy atom. The van der Waals surface area contributed by atoms with Crippen LogP contribution in [0.2, 0.25) is 0 Å². The zero-order valence-electron chi connectivity index (χ0n) is 8.96. The van der Waals surface area contributed by atoms with E-state index in [4.69, 9.17) is 21.3 Å². The third-order valence-corrected chi connectivity index (χ3v) is 1.63. The van der Waals surface area contributed by atoms with Crippen LogP contribution in [0.3, 0.4) is 0 Å². The van der Waals surface area contributed by atoms with Gasteiger partial charge in [-0.25, -0.2) is 0 Å². The summed E-state index contributed by atoms with van der Waals surface area (Å²) < 4.78 is 4.91. The molecular weight excluding hydrogens is 230 g/mol. The second-order valence-corrected chi connectivity index (χ2v) is 2.94. The number of hydrogen-bond donors (Lipinski definition) is 0. The first-order valence-corrected chi connectivity index (χ1v) is 4.32. The van der Waals surface area contributed by atoms with Crippen LogP contribution in [0.1, 0.15) is 6.92 Å². The summed E-state index contributed by atoms with van der Waals surface area (Å²) in [6.45, 7) is 0.264. The smallest absolute Gasteiger partial charge is 0.303 e. The molecule has 11 heteroatoms. The van der Waals surface area contributed by atoms with E-state index >= 15 is 0 Å². The summed E-state index contributed by atoms with van der Waals surface area (Å²) >= 11 is 0. The Bertz CT molecular complexity index is 354. The van der Waals surface area contributed by atoms with Gasteiger partial charge in [0.25, 0.3) is 0 Å². The van der Waals surface area contributed by atoms with Crippen LogP contribution >= 0.6 is 0 Å².